The summed E-state index contributed by atoms with van der Waals surface area (Å²) < 4.78 is 0. The van der Waals surface area contributed by atoms with E-state index in [1.54, 1.807) is 31.2 Å². The summed E-state index contributed by atoms with van der Waals surface area (Å²) in [5.74, 6) is -0.0856. The van der Waals surface area contributed by atoms with Gasteiger partial charge in [0.2, 0.25) is 0 Å². The second-order valence-electron chi connectivity index (χ2n) is 2.66. The Labute approximate surface area is 76.3 Å². The van der Waals surface area contributed by atoms with E-state index in [4.69, 9.17) is 17.3 Å². The van der Waals surface area contributed by atoms with Gasteiger partial charge in [-0.15, -0.1) is 0 Å². The molecule has 0 radical (unpaired) electrons. The van der Waals surface area contributed by atoms with E-state index in [9.17, 15) is 4.79 Å². The summed E-state index contributed by atoms with van der Waals surface area (Å²) in [5, 5.41) is 0.557. The number of nitrogens with two attached hydrogens (primary N) is 1. The Morgan fingerprint density at radius 3 is 2.75 bits per heavy atom. The van der Waals surface area contributed by atoms with Gasteiger partial charge in [-0.3, -0.25) is 4.79 Å². The Morgan fingerprint density at radius 2 is 2.25 bits per heavy atom. The molecule has 3 heteroatoms. The zero-order valence-electron chi connectivity index (χ0n) is 6.75. The van der Waals surface area contributed by atoms with Crippen LogP contribution in [0.15, 0.2) is 24.3 Å². The molecule has 2 N–H and O–H groups in total. The van der Waals surface area contributed by atoms with E-state index in [0.29, 0.717) is 10.6 Å². The van der Waals surface area contributed by atoms with Crippen molar-refractivity contribution in [2.24, 2.45) is 5.73 Å². The summed E-state index contributed by atoms with van der Waals surface area (Å²) in [7, 11) is 0. The molecule has 0 aliphatic rings. The SMILES string of the molecule is C[C@H](N)C(=O)c1cccc(Cl)c1. The van der Waals surface area contributed by atoms with Crippen LogP contribution in [0.25, 0.3) is 0 Å². The molecule has 0 aliphatic heterocycles. The van der Waals surface area contributed by atoms with E-state index in [1.165, 1.54) is 0 Å². The van der Waals surface area contributed by atoms with Crippen LogP contribution in [0.5, 0.6) is 0 Å². The van der Waals surface area contributed by atoms with Crippen LogP contribution in [0.2, 0.25) is 5.02 Å². The maximum Gasteiger partial charge on any atom is 0.179 e. The van der Waals surface area contributed by atoms with Crippen molar-refractivity contribution < 1.29 is 4.79 Å². The maximum atomic E-state index is 11.3. The fourth-order valence-corrected chi connectivity index (χ4v) is 1.09. The summed E-state index contributed by atoms with van der Waals surface area (Å²) >= 11 is 5.70. The van der Waals surface area contributed by atoms with Crippen molar-refractivity contribution in [2.45, 2.75) is 13.0 Å². The average molecular weight is 184 g/mol. The third kappa shape index (κ3) is 2.06. The van der Waals surface area contributed by atoms with Crippen LogP contribution in [-0.2, 0) is 0 Å². The third-order valence-electron chi connectivity index (χ3n) is 1.52. The molecular weight excluding hydrogens is 174 g/mol. The van der Waals surface area contributed by atoms with E-state index < -0.39 is 6.04 Å². The lowest BCUT2D eigenvalue weighted by molar-refractivity contribution is 0.0968. The van der Waals surface area contributed by atoms with E-state index in [-0.39, 0.29) is 5.78 Å². The molecule has 1 rings (SSSR count). The summed E-state index contributed by atoms with van der Waals surface area (Å²) in [6, 6.07) is 6.31. The molecule has 1 atom stereocenters. The molecule has 0 heterocycles. The fourth-order valence-electron chi connectivity index (χ4n) is 0.905. The van der Waals surface area contributed by atoms with Crippen molar-refractivity contribution >= 4 is 17.4 Å². The normalized spacial score (nSPS) is 12.6. The van der Waals surface area contributed by atoms with Crippen LogP contribution >= 0.6 is 11.6 Å². The van der Waals surface area contributed by atoms with Crippen molar-refractivity contribution in [3.63, 3.8) is 0 Å². The van der Waals surface area contributed by atoms with Crippen molar-refractivity contribution in [3.8, 4) is 0 Å². The highest BCUT2D eigenvalue weighted by Crippen LogP contribution is 2.11. The molecule has 0 bridgehead atoms. The number of Topliss-reactive ketones (excluding diaryl/α,β-unsaturated/α-hetero) is 1. The fraction of sp³-hybridized carbons (Fsp3) is 0.222. The van der Waals surface area contributed by atoms with Crippen molar-refractivity contribution in [1.82, 2.24) is 0 Å². The molecule has 0 aliphatic carbocycles. The first-order chi connectivity index (χ1) is 5.61. The monoisotopic (exact) mass is 183 g/mol. The predicted molar refractivity (Wildman–Crippen MR) is 49.4 cm³/mol. The second-order valence-corrected chi connectivity index (χ2v) is 3.10. The molecular formula is C9H10ClNO. The molecule has 1 aromatic rings. The van der Waals surface area contributed by atoms with Crippen molar-refractivity contribution in [3.05, 3.63) is 34.9 Å². The van der Waals surface area contributed by atoms with Gasteiger partial charge < -0.3 is 5.73 Å². The number of carbonyl (C=O) groups is 1. The lowest BCUT2D eigenvalue weighted by Gasteiger charge is -2.03. The molecule has 0 aromatic heterocycles. The molecule has 12 heavy (non-hydrogen) atoms. The summed E-state index contributed by atoms with van der Waals surface area (Å²) in [4.78, 5) is 11.3. The van der Waals surface area contributed by atoms with Crippen LogP contribution in [-0.4, -0.2) is 11.8 Å². The zero-order chi connectivity index (χ0) is 9.14. The van der Waals surface area contributed by atoms with Crippen LogP contribution in [0, 0.1) is 0 Å². The highest BCUT2D eigenvalue weighted by molar-refractivity contribution is 6.31. The third-order valence-corrected chi connectivity index (χ3v) is 1.76. The summed E-state index contributed by atoms with van der Waals surface area (Å²) in [6.45, 7) is 1.66. The number of hydrogen-bond acceptors (Lipinski definition) is 2. The minimum absolute atomic E-state index is 0.0856. The summed E-state index contributed by atoms with van der Waals surface area (Å²) in [6.07, 6.45) is 0. The first-order valence-corrected chi connectivity index (χ1v) is 4.04. The average Bonchev–Trinajstić information content (AvgIpc) is 2.03. The number of ketones is 1. The van der Waals surface area contributed by atoms with Crippen LogP contribution in [0.3, 0.4) is 0 Å². The van der Waals surface area contributed by atoms with Gasteiger partial charge in [0, 0.05) is 10.6 Å². The van der Waals surface area contributed by atoms with Crippen LogP contribution in [0.1, 0.15) is 17.3 Å². The molecule has 0 saturated carbocycles. The number of benzene rings is 1. The van der Waals surface area contributed by atoms with Crippen LogP contribution < -0.4 is 5.73 Å². The molecule has 0 fully saturated rings. The van der Waals surface area contributed by atoms with Crippen molar-refractivity contribution in [1.29, 1.82) is 0 Å². The molecule has 0 amide bonds. The largest absolute Gasteiger partial charge is 0.321 e. The lowest BCUT2D eigenvalue weighted by Crippen LogP contribution is -2.26. The lowest BCUT2D eigenvalue weighted by atomic mass is 10.1. The number of rotatable bonds is 2. The minimum atomic E-state index is -0.469. The van der Waals surface area contributed by atoms with Gasteiger partial charge in [-0.05, 0) is 19.1 Å². The standard InChI is InChI=1S/C9H10ClNO/c1-6(11)9(12)7-3-2-4-8(10)5-7/h2-6H,11H2,1H3/t6-/m0/s1. The van der Waals surface area contributed by atoms with E-state index in [2.05, 4.69) is 0 Å². The Hall–Kier alpha value is -0.860. The molecule has 0 spiro atoms. The highest BCUT2D eigenvalue weighted by Gasteiger charge is 2.09. The summed E-state index contributed by atoms with van der Waals surface area (Å²) in [5.41, 5.74) is 5.99. The van der Waals surface area contributed by atoms with Crippen LogP contribution in [0.4, 0.5) is 0 Å². The molecule has 0 saturated heterocycles. The number of halogens is 1. The molecule has 64 valence electrons. The van der Waals surface area contributed by atoms with Gasteiger partial charge in [0.15, 0.2) is 5.78 Å². The van der Waals surface area contributed by atoms with Gasteiger partial charge >= 0.3 is 0 Å². The van der Waals surface area contributed by atoms with Gasteiger partial charge in [-0.1, -0.05) is 23.7 Å². The van der Waals surface area contributed by atoms with Crippen molar-refractivity contribution in [2.75, 3.05) is 0 Å². The van der Waals surface area contributed by atoms with Gasteiger partial charge in [0.25, 0.3) is 0 Å². The zero-order valence-corrected chi connectivity index (χ0v) is 7.51. The van der Waals surface area contributed by atoms with Gasteiger partial charge in [0.05, 0.1) is 6.04 Å². The Morgan fingerprint density at radius 1 is 1.58 bits per heavy atom. The Kier molecular flexibility index (Phi) is 2.84. The van der Waals surface area contributed by atoms with E-state index in [0.717, 1.165) is 0 Å². The Balaban J connectivity index is 2.96. The first kappa shape index (κ1) is 9.23. The predicted octanol–water partition coefficient (Wildman–Crippen LogP) is 1.87. The number of carbonyl (C=O) groups excluding carboxylic acids is 1. The second kappa shape index (κ2) is 3.70. The minimum Gasteiger partial charge on any atom is -0.321 e. The van der Waals surface area contributed by atoms with E-state index >= 15 is 0 Å². The van der Waals surface area contributed by atoms with Gasteiger partial charge in [-0.2, -0.15) is 0 Å². The molecule has 0 unspecified atom stereocenters. The topological polar surface area (TPSA) is 43.1 Å². The quantitative estimate of drug-likeness (QED) is 0.712. The Bertz CT molecular complexity index is 296. The highest BCUT2D eigenvalue weighted by atomic mass is 35.5. The van der Waals surface area contributed by atoms with Gasteiger partial charge in [0.1, 0.15) is 0 Å². The van der Waals surface area contributed by atoms with Gasteiger partial charge in [-0.25, -0.2) is 0 Å². The maximum absolute atomic E-state index is 11.3. The molecule has 1 aromatic carbocycles. The molecule has 2 nitrogen and oxygen atoms in total. The smallest absolute Gasteiger partial charge is 0.179 e. The number of hydrogen-bond donors (Lipinski definition) is 1. The van der Waals surface area contributed by atoms with E-state index in [1.807, 2.05) is 0 Å². The first-order valence-electron chi connectivity index (χ1n) is 3.66.